The normalized spacial score (nSPS) is 20.6. The SMILES string of the molecule is Cc1ccn2c3c(nc2c1)CNC(=O)C[C@H]3c1cnc(C2CCCCC2)nc1. The molecule has 0 radical (unpaired) electrons. The van der Waals surface area contributed by atoms with Crippen molar-refractivity contribution in [3.8, 4) is 0 Å². The van der Waals surface area contributed by atoms with Crippen LogP contribution in [0.1, 0.15) is 78.7 Å². The van der Waals surface area contributed by atoms with Gasteiger partial charge in [-0.1, -0.05) is 19.3 Å². The van der Waals surface area contributed by atoms with Crippen LogP contribution < -0.4 is 5.32 Å². The largest absolute Gasteiger partial charge is 0.350 e. The number of hydrogen-bond donors (Lipinski definition) is 1. The van der Waals surface area contributed by atoms with Crippen LogP contribution in [-0.4, -0.2) is 25.3 Å². The number of rotatable bonds is 2. The number of imidazole rings is 1. The van der Waals surface area contributed by atoms with Crippen molar-refractivity contribution in [1.82, 2.24) is 24.7 Å². The van der Waals surface area contributed by atoms with Crippen molar-refractivity contribution in [2.24, 2.45) is 0 Å². The first kappa shape index (κ1) is 17.3. The molecule has 1 N–H and O–H groups in total. The van der Waals surface area contributed by atoms with Gasteiger partial charge in [-0.25, -0.2) is 15.0 Å². The number of amides is 1. The Morgan fingerprint density at radius 2 is 1.93 bits per heavy atom. The third-order valence-corrected chi connectivity index (χ3v) is 6.13. The predicted octanol–water partition coefficient (Wildman–Crippen LogP) is 3.63. The number of nitrogens with one attached hydrogen (secondary N) is 1. The summed E-state index contributed by atoms with van der Waals surface area (Å²) in [4.78, 5) is 26.6. The van der Waals surface area contributed by atoms with E-state index in [1.165, 1.54) is 37.7 Å². The fourth-order valence-electron chi connectivity index (χ4n) is 4.63. The number of carbonyl (C=O) groups excluding carboxylic acids is 1. The number of aryl methyl sites for hydroxylation is 1. The van der Waals surface area contributed by atoms with E-state index in [1.54, 1.807) is 0 Å². The summed E-state index contributed by atoms with van der Waals surface area (Å²) in [5, 5.41) is 2.98. The van der Waals surface area contributed by atoms with Gasteiger partial charge in [-0.15, -0.1) is 0 Å². The zero-order valence-electron chi connectivity index (χ0n) is 16.2. The average Bonchev–Trinajstić information content (AvgIpc) is 3.00. The third kappa shape index (κ3) is 3.07. The van der Waals surface area contributed by atoms with E-state index in [2.05, 4.69) is 35.0 Å². The summed E-state index contributed by atoms with van der Waals surface area (Å²) in [6, 6.07) is 4.16. The lowest BCUT2D eigenvalue weighted by Gasteiger charge is -2.21. The van der Waals surface area contributed by atoms with E-state index in [4.69, 9.17) is 15.0 Å². The van der Waals surface area contributed by atoms with Crippen LogP contribution in [0.2, 0.25) is 0 Å². The van der Waals surface area contributed by atoms with Gasteiger partial charge in [0.2, 0.25) is 5.91 Å². The second-order valence-corrected chi connectivity index (χ2v) is 8.12. The molecule has 0 saturated heterocycles. The van der Waals surface area contributed by atoms with Gasteiger partial charge in [0, 0.05) is 36.8 Å². The lowest BCUT2D eigenvalue weighted by Crippen LogP contribution is -2.21. The molecular formula is C22H25N5O. The molecule has 1 aliphatic carbocycles. The van der Waals surface area contributed by atoms with Gasteiger partial charge in [0.25, 0.3) is 0 Å². The van der Waals surface area contributed by atoms with Crippen LogP contribution in [0.4, 0.5) is 0 Å². The molecule has 1 saturated carbocycles. The standard InChI is InChI=1S/C22H25N5O/c1-14-7-8-27-19(9-14)26-18-13-23-20(28)10-17(21(18)27)16-11-24-22(25-12-16)15-5-3-2-4-6-15/h7-9,11-12,15,17H,2-6,10,13H2,1H3,(H,23,28)/t17-/m0/s1. The third-order valence-electron chi connectivity index (χ3n) is 6.13. The van der Waals surface area contributed by atoms with Gasteiger partial charge >= 0.3 is 0 Å². The first-order valence-electron chi connectivity index (χ1n) is 10.2. The number of fused-ring (bicyclic) bond motifs is 3. The second kappa shape index (κ2) is 7.00. The number of hydrogen-bond acceptors (Lipinski definition) is 4. The summed E-state index contributed by atoms with van der Waals surface area (Å²) in [6.45, 7) is 2.53. The Kier molecular flexibility index (Phi) is 4.34. The molecule has 1 amide bonds. The second-order valence-electron chi connectivity index (χ2n) is 8.12. The minimum atomic E-state index is -0.0874. The van der Waals surface area contributed by atoms with Crippen LogP contribution in [0.3, 0.4) is 0 Å². The Bertz CT molecular complexity index is 1020. The fourth-order valence-corrected chi connectivity index (χ4v) is 4.63. The summed E-state index contributed by atoms with van der Waals surface area (Å²) >= 11 is 0. The quantitative estimate of drug-likeness (QED) is 0.742. The molecule has 0 aromatic carbocycles. The maximum Gasteiger partial charge on any atom is 0.221 e. The van der Waals surface area contributed by atoms with Crippen molar-refractivity contribution in [2.45, 2.75) is 63.8 Å². The molecule has 6 heteroatoms. The van der Waals surface area contributed by atoms with Gasteiger partial charge in [-0.3, -0.25) is 4.79 Å². The molecule has 28 heavy (non-hydrogen) atoms. The van der Waals surface area contributed by atoms with Crippen LogP contribution in [0.25, 0.3) is 5.65 Å². The minimum absolute atomic E-state index is 0.0419. The van der Waals surface area contributed by atoms with E-state index in [-0.39, 0.29) is 11.8 Å². The van der Waals surface area contributed by atoms with E-state index in [1.807, 2.05) is 12.4 Å². The van der Waals surface area contributed by atoms with E-state index < -0.39 is 0 Å². The molecule has 3 aromatic rings. The van der Waals surface area contributed by atoms with Crippen molar-refractivity contribution >= 4 is 11.6 Å². The highest BCUT2D eigenvalue weighted by Crippen LogP contribution is 2.34. The molecule has 4 heterocycles. The number of nitrogens with zero attached hydrogens (tertiary/aromatic N) is 4. The number of pyridine rings is 1. The van der Waals surface area contributed by atoms with Gasteiger partial charge in [-0.2, -0.15) is 0 Å². The van der Waals surface area contributed by atoms with Gasteiger partial charge in [0.05, 0.1) is 17.9 Å². The van der Waals surface area contributed by atoms with Crippen LogP contribution in [-0.2, 0) is 11.3 Å². The molecular weight excluding hydrogens is 350 g/mol. The number of carbonyl (C=O) groups is 1. The van der Waals surface area contributed by atoms with E-state index in [0.717, 1.165) is 28.4 Å². The molecule has 5 rings (SSSR count). The summed E-state index contributed by atoms with van der Waals surface area (Å²) in [7, 11) is 0. The lowest BCUT2D eigenvalue weighted by atomic mass is 9.88. The first-order chi connectivity index (χ1) is 13.7. The van der Waals surface area contributed by atoms with Crippen LogP contribution in [0.5, 0.6) is 0 Å². The summed E-state index contributed by atoms with van der Waals surface area (Å²) < 4.78 is 2.11. The highest BCUT2D eigenvalue weighted by Gasteiger charge is 2.29. The Morgan fingerprint density at radius 1 is 1.14 bits per heavy atom. The zero-order valence-corrected chi connectivity index (χ0v) is 16.2. The Hall–Kier alpha value is -2.76. The van der Waals surface area contributed by atoms with Crippen molar-refractivity contribution in [2.75, 3.05) is 0 Å². The van der Waals surface area contributed by atoms with Crippen LogP contribution in [0.15, 0.2) is 30.7 Å². The van der Waals surface area contributed by atoms with Gasteiger partial charge in [0.1, 0.15) is 11.5 Å². The summed E-state index contributed by atoms with van der Waals surface area (Å²) in [5.74, 6) is 1.39. The van der Waals surface area contributed by atoms with E-state index in [0.29, 0.717) is 18.9 Å². The molecule has 1 atom stereocenters. The minimum Gasteiger partial charge on any atom is -0.350 e. The Morgan fingerprint density at radius 3 is 2.71 bits per heavy atom. The summed E-state index contributed by atoms with van der Waals surface area (Å²) in [5.41, 5.74) is 5.08. The van der Waals surface area contributed by atoms with Crippen molar-refractivity contribution in [1.29, 1.82) is 0 Å². The predicted molar refractivity (Wildman–Crippen MR) is 106 cm³/mol. The molecule has 3 aromatic heterocycles. The van der Waals surface area contributed by atoms with E-state index >= 15 is 0 Å². The highest BCUT2D eigenvalue weighted by molar-refractivity contribution is 5.78. The monoisotopic (exact) mass is 375 g/mol. The maximum atomic E-state index is 12.3. The molecule has 0 bridgehead atoms. The van der Waals surface area contributed by atoms with E-state index in [9.17, 15) is 4.79 Å². The lowest BCUT2D eigenvalue weighted by molar-refractivity contribution is -0.121. The van der Waals surface area contributed by atoms with Crippen LogP contribution in [0, 0.1) is 6.92 Å². The summed E-state index contributed by atoms with van der Waals surface area (Å²) in [6.07, 6.45) is 12.5. The Labute approximate surface area is 164 Å². The fraction of sp³-hybridized carbons (Fsp3) is 0.455. The average molecular weight is 375 g/mol. The molecule has 1 fully saturated rings. The molecule has 0 unspecified atom stereocenters. The molecule has 144 valence electrons. The smallest absolute Gasteiger partial charge is 0.221 e. The van der Waals surface area contributed by atoms with Gasteiger partial charge < -0.3 is 9.72 Å². The molecule has 2 aliphatic rings. The molecule has 1 aliphatic heterocycles. The van der Waals surface area contributed by atoms with Crippen molar-refractivity contribution in [3.05, 3.63) is 59.1 Å². The molecule has 6 nitrogen and oxygen atoms in total. The zero-order chi connectivity index (χ0) is 19.1. The Balaban J connectivity index is 1.55. The molecule has 0 spiro atoms. The van der Waals surface area contributed by atoms with Crippen molar-refractivity contribution < 1.29 is 4.79 Å². The van der Waals surface area contributed by atoms with Gasteiger partial charge in [-0.05, 0) is 43.0 Å². The maximum absolute atomic E-state index is 12.3. The van der Waals surface area contributed by atoms with Crippen LogP contribution >= 0.6 is 0 Å². The van der Waals surface area contributed by atoms with Crippen molar-refractivity contribution in [3.63, 3.8) is 0 Å². The first-order valence-corrected chi connectivity index (χ1v) is 10.2. The van der Waals surface area contributed by atoms with Gasteiger partial charge in [0.15, 0.2) is 0 Å². The topological polar surface area (TPSA) is 72.2 Å². The number of aromatic nitrogens is 4. The highest BCUT2D eigenvalue weighted by atomic mass is 16.1.